The summed E-state index contributed by atoms with van der Waals surface area (Å²) in [5.41, 5.74) is 2.51. The van der Waals surface area contributed by atoms with Gasteiger partial charge in [-0.3, -0.25) is 14.2 Å². The van der Waals surface area contributed by atoms with Crippen LogP contribution in [0, 0.1) is 29.1 Å². The number of carbonyl (C=O) groups excluding carboxylic acids is 1. The maximum atomic E-state index is 14.2. The molecule has 10 nitrogen and oxygen atoms in total. The predicted octanol–water partition coefficient (Wildman–Crippen LogP) is 5.81. The molecule has 3 aliphatic carbocycles. The fourth-order valence-electron chi connectivity index (χ4n) is 8.87. The highest BCUT2D eigenvalue weighted by molar-refractivity contribution is 6.35. The highest BCUT2D eigenvalue weighted by atomic mass is 35.5. The summed E-state index contributed by atoms with van der Waals surface area (Å²) in [7, 11) is 0. The van der Waals surface area contributed by atoms with Crippen LogP contribution in [-0.4, -0.2) is 76.3 Å². The third-order valence-electron chi connectivity index (χ3n) is 12.1. The van der Waals surface area contributed by atoms with Crippen molar-refractivity contribution in [3.63, 3.8) is 0 Å². The van der Waals surface area contributed by atoms with Gasteiger partial charge in [-0.05, 0) is 104 Å². The van der Waals surface area contributed by atoms with Gasteiger partial charge >= 0.3 is 0 Å². The lowest BCUT2D eigenvalue weighted by Gasteiger charge is -2.61. The first-order chi connectivity index (χ1) is 23.9. The Balaban J connectivity index is 1.23. The molecular formula is C38H49Cl2N7O3. The van der Waals surface area contributed by atoms with E-state index in [1.807, 2.05) is 37.3 Å². The molecule has 3 aromatic rings. The summed E-state index contributed by atoms with van der Waals surface area (Å²) in [6.07, 6.45) is 4.52. The van der Waals surface area contributed by atoms with Crippen molar-refractivity contribution in [2.75, 3.05) is 43.0 Å². The van der Waals surface area contributed by atoms with Crippen molar-refractivity contribution in [3.05, 3.63) is 62.4 Å². The van der Waals surface area contributed by atoms with Gasteiger partial charge in [-0.1, -0.05) is 50.0 Å². The number of rotatable bonds is 7. The Kier molecular flexibility index (Phi) is 9.82. The van der Waals surface area contributed by atoms with Crippen LogP contribution in [0.5, 0.6) is 0 Å². The van der Waals surface area contributed by atoms with Gasteiger partial charge in [0.2, 0.25) is 11.9 Å². The number of piperidine rings is 1. The van der Waals surface area contributed by atoms with Crippen LogP contribution in [0.4, 0.5) is 11.6 Å². The number of aryl methyl sites for hydroxylation is 1. The maximum absolute atomic E-state index is 14.2. The summed E-state index contributed by atoms with van der Waals surface area (Å²) in [5, 5.41) is 18.1. The number of hydrogen-bond acceptors (Lipinski definition) is 6. The van der Waals surface area contributed by atoms with Crippen molar-refractivity contribution in [2.45, 2.75) is 78.4 Å². The van der Waals surface area contributed by atoms with E-state index in [1.54, 1.807) is 10.6 Å². The maximum Gasteiger partial charge on any atom is 0.262 e. The number of amides is 1. The van der Waals surface area contributed by atoms with Crippen LogP contribution < -0.4 is 21.1 Å². The van der Waals surface area contributed by atoms with Gasteiger partial charge in [-0.2, -0.15) is 0 Å². The second-order valence-electron chi connectivity index (χ2n) is 15.6. The topological polar surface area (TPSA) is 115 Å². The molecule has 3 N–H and O–H groups in total. The molecule has 5 atom stereocenters. The normalized spacial score (nSPS) is 26.9. The molecule has 50 heavy (non-hydrogen) atoms. The van der Waals surface area contributed by atoms with Crippen LogP contribution >= 0.6 is 23.2 Å². The zero-order valence-electron chi connectivity index (χ0n) is 29.5. The van der Waals surface area contributed by atoms with Crippen molar-refractivity contribution in [1.29, 1.82) is 0 Å². The summed E-state index contributed by atoms with van der Waals surface area (Å²) in [4.78, 5) is 41.6. The van der Waals surface area contributed by atoms with Crippen LogP contribution in [0.1, 0.15) is 58.9 Å². The van der Waals surface area contributed by atoms with Gasteiger partial charge < -0.3 is 25.5 Å². The van der Waals surface area contributed by atoms with Crippen LogP contribution in [0.15, 0.2) is 46.2 Å². The Bertz CT molecular complexity index is 1850. The molecule has 0 unspecified atom stereocenters. The average molecular weight is 723 g/mol. The van der Waals surface area contributed by atoms with Gasteiger partial charge in [-0.25, -0.2) is 9.98 Å². The molecule has 2 aliphatic heterocycles. The number of fused-ring (bicyclic) bond motifs is 3. The summed E-state index contributed by atoms with van der Waals surface area (Å²) in [5.74, 6) is 3.29. The first kappa shape index (κ1) is 35.1. The van der Waals surface area contributed by atoms with Crippen molar-refractivity contribution in [2.24, 2.45) is 34.1 Å². The van der Waals surface area contributed by atoms with Gasteiger partial charge in [0.15, 0.2) is 5.96 Å². The first-order valence-electron chi connectivity index (χ1n) is 18.1. The van der Waals surface area contributed by atoms with Gasteiger partial charge in [0.05, 0.1) is 23.5 Å². The molecular weight excluding hydrogens is 673 g/mol. The number of hydrogen-bond donors (Lipinski definition) is 3. The third kappa shape index (κ3) is 6.83. The highest BCUT2D eigenvalue weighted by Gasteiger charge is 2.56. The molecule has 2 saturated heterocycles. The molecule has 1 amide bonds. The fourth-order valence-corrected chi connectivity index (χ4v) is 9.37. The fraction of sp³-hybridized carbons (Fsp3) is 0.579. The Morgan fingerprint density at radius 1 is 1.10 bits per heavy atom. The number of piperazine rings is 1. The Labute approximate surface area is 304 Å². The highest BCUT2D eigenvalue weighted by Crippen LogP contribution is 2.61. The summed E-state index contributed by atoms with van der Waals surface area (Å²) in [6, 6.07) is 11.3. The smallest absolute Gasteiger partial charge is 0.262 e. The third-order valence-corrected chi connectivity index (χ3v) is 12.7. The molecule has 12 heteroatoms. The Morgan fingerprint density at radius 3 is 2.56 bits per heavy atom. The van der Waals surface area contributed by atoms with Gasteiger partial charge in [-0.15, -0.1) is 0 Å². The van der Waals surface area contributed by atoms with E-state index >= 15 is 0 Å². The number of guanidine groups is 1. The number of aromatic nitrogens is 2. The zero-order valence-corrected chi connectivity index (χ0v) is 31.0. The number of halogens is 2. The van der Waals surface area contributed by atoms with Crippen LogP contribution in [0.25, 0.3) is 10.9 Å². The van der Waals surface area contributed by atoms with Gasteiger partial charge in [0.1, 0.15) is 0 Å². The van der Waals surface area contributed by atoms with E-state index in [-0.39, 0.29) is 42.6 Å². The van der Waals surface area contributed by atoms with E-state index < -0.39 is 0 Å². The standard InChI is InChI=1S/C38H49Cl2N7O3/c1-22-19-46(20-34(49)41-22)36(43-32-16-26-15-30(23(32)2)38(26,3)4)42-28-7-8-29-33(18-28)44-37(45-12-9-24(21-48)10-13-45)47(35(29)50)14-11-25-5-6-27(39)17-31(25)40/h5-8,17-18,22-24,26,30,32,48H,9-16,19-21H2,1-4H3,(H,41,49)(H,42,43)/t22-,23-,26+,30-,32-/m0/s1. The summed E-state index contributed by atoms with van der Waals surface area (Å²) < 4.78 is 1.76. The van der Waals surface area contributed by atoms with E-state index in [0.717, 1.165) is 30.5 Å². The van der Waals surface area contributed by atoms with E-state index in [4.69, 9.17) is 33.2 Å². The Morgan fingerprint density at radius 2 is 1.88 bits per heavy atom. The predicted molar refractivity (Wildman–Crippen MR) is 201 cm³/mol. The molecule has 2 bridgehead atoms. The number of aliphatic imine (C=N–C) groups is 1. The quantitative estimate of drug-likeness (QED) is 0.208. The van der Waals surface area contributed by atoms with Crippen LogP contribution in [0.3, 0.4) is 0 Å². The molecule has 2 aromatic carbocycles. The number of anilines is 2. The lowest BCUT2D eigenvalue weighted by atomic mass is 9.45. The molecule has 0 radical (unpaired) electrons. The molecule has 3 heterocycles. The number of benzene rings is 2. The SMILES string of the molecule is C[C@@H]1[C@@H](/N=C(/Nc2ccc3c(=O)n(CCc4ccc(Cl)cc4Cl)c(N4CCC(CO)CC4)nc3c2)N2CC(=O)N[C@@H](C)C2)C[C@H]2C[C@@H]1C2(C)C. The zero-order chi connectivity index (χ0) is 35.3. The molecule has 268 valence electrons. The van der Waals surface area contributed by atoms with Crippen molar-refractivity contribution in [1.82, 2.24) is 19.8 Å². The molecule has 0 spiro atoms. The molecule has 5 fully saturated rings. The number of carbonyl (C=O) groups is 1. The minimum Gasteiger partial charge on any atom is -0.396 e. The van der Waals surface area contributed by atoms with Gasteiger partial charge in [0.25, 0.3) is 5.56 Å². The van der Waals surface area contributed by atoms with Gasteiger partial charge in [0, 0.05) is 54.6 Å². The number of nitrogens with zero attached hydrogens (tertiary/aromatic N) is 5. The second kappa shape index (κ2) is 14.0. The summed E-state index contributed by atoms with van der Waals surface area (Å²) in [6.45, 7) is 12.0. The van der Waals surface area contributed by atoms with E-state index in [1.165, 1.54) is 6.42 Å². The van der Waals surface area contributed by atoms with E-state index in [2.05, 4.69) is 41.2 Å². The molecule has 5 aliphatic rings. The van der Waals surface area contributed by atoms with E-state index in [0.29, 0.717) is 88.6 Å². The lowest BCUT2D eigenvalue weighted by Crippen LogP contribution is -2.58. The lowest BCUT2D eigenvalue weighted by molar-refractivity contribution is -0.124. The Hall–Kier alpha value is -3.34. The second-order valence-corrected chi connectivity index (χ2v) is 16.5. The molecule has 8 rings (SSSR count). The molecule has 3 saturated carbocycles. The summed E-state index contributed by atoms with van der Waals surface area (Å²) >= 11 is 12.7. The number of nitrogens with one attached hydrogen (secondary N) is 2. The van der Waals surface area contributed by atoms with Crippen LogP contribution in [0.2, 0.25) is 10.0 Å². The minimum atomic E-state index is -0.112. The number of aliphatic hydroxyl groups excluding tert-OH is 1. The minimum absolute atomic E-state index is 0.00334. The largest absolute Gasteiger partial charge is 0.396 e. The first-order valence-corrected chi connectivity index (χ1v) is 18.9. The van der Waals surface area contributed by atoms with Crippen molar-refractivity contribution >= 4 is 57.6 Å². The van der Waals surface area contributed by atoms with Crippen LogP contribution in [-0.2, 0) is 17.8 Å². The monoisotopic (exact) mass is 721 g/mol. The molecule has 1 aromatic heterocycles. The van der Waals surface area contributed by atoms with Crippen molar-refractivity contribution < 1.29 is 9.90 Å². The van der Waals surface area contributed by atoms with E-state index in [9.17, 15) is 14.7 Å². The average Bonchev–Trinajstić information content (AvgIpc) is 3.08. The number of aliphatic hydroxyl groups is 1. The van der Waals surface area contributed by atoms with Crippen molar-refractivity contribution in [3.8, 4) is 0 Å².